The van der Waals surface area contributed by atoms with Crippen molar-refractivity contribution < 1.29 is 15.1 Å². The zero-order chi connectivity index (χ0) is 14.1. The van der Waals surface area contributed by atoms with Gasteiger partial charge in [0.15, 0.2) is 5.84 Å². The lowest BCUT2D eigenvalue weighted by Crippen LogP contribution is -2.34. The van der Waals surface area contributed by atoms with Gasteiger partial charge in [-0.3, -0.25) is 4.98 Å². The Hall–Kier alpha value is -1.70. The van der Waals surface area contributed by atoms with E-state index in [1.54, 1.807) is 19.4 Å². The summed E-state index contributed by atoms with van der Waals surface area (Å²) in [6, 6.07) is 3.66. The molecule has 0 aliphatic rings. The van der Waals surface area contributed by atoms with Gasteiger partial charge >= 0.3 is 0 Å². The third-order valence-corrected chi connectivity index (χ3v) is 2.67. The molecule has 1 rings (SSSR count). The maximum atomic E-state index is 8.96. The Kier molecular flexibility index (Phi) is 6.80. The van der Waals surface area contributed by atoms with Crippen molar-refractivity contribution in [3.63, 3.8) is 0 Å². The normalized spacial score (nSPS) is 13.5. The van der Waals surface area contributed by atoms with E-state index in [4.69, 9.17) is 20.8 Å². The minimum absolute atomic E-state index is 0.0251. The number of nitrogens with two attached hydrogens (primary N) is 1. The van der Waals surface area contributed by atoms with Crippen molar-refractivity contribution >= 4 is 5.84 Å². The van der Waals surface area contributed by atoms with Crippen LogP contribution in [0, 0.1) is 0 Å². The number of methoxy groups -OCH3 is 1. The molecule has 1 atom stereocenters. The topological polar surface area (TPSA) is 113 Å². The molecule has 0 aliphatic carbocycles. The van der Waals surface area contributed by atoms with Gasteiger partial charge in [-0.15, -0.1) is 0 Å². The molecule has 0 aromatic carbocycles. The van der Waals surface area contributed by atoms with Gasteiger partial charge in [0.25, 0.3) is 0 Å². The number of aliphatic hydroxyl groups excluding tert-OH is 1. The molecular formula is C12H20N4O3. The molecule has 1 heterocycles. The second-order valence-corrected chi connectivity index (χ2v) is 4.04. The lowest BCUT2D eigenvalue weighted by molar-refractivity contribution is 0.148. The summed E-state index contributed by atoms with van der Waals surface area (Å²) in [5.74, 6) is -0.0251. The second-order valence-electron chi connectivity index (χ2n) is 4.04. The van der Waals surface area contributed by atoms with Gasteiger partial charge in [-0.25, -0.2) is 0 Å². The van der Waals surface area contributed by atoms with E-state index >= 15 is 0 Å². The van der Waals surface area contributed by atoms with Gasteiger partial charge < -0.3 is 26.1 Å². The van der Waals surface area contributed by atoms with E-state index in [9.17, 15) is 0 Å². The van der Waals surface area contributed by atoms with Crippen LogP contribution < -0.4 is 11.1 Å². The molecule has 0 fully saturated rings. The molecular weight excluding hydrogens is 248 g/mol. The minimum Gasteiger partial charge on any atom is -0.409 e. The van der Waals surface area contributed by atoms with Crippen LogP contribution in [0.25, 0.3) is 0 Å². The van der Waals surface area contributed by atoms with Crippen LogP contribution in [0.15, 0.2) is 23.5 Å². The van der Waals surface area contributed by atoms with Crippen LogP contribution in [0.4, 0.5) is 0 Å². The quantitative estimate of drug-likeness (QED) is 0.222. The summed E-state index contributed by atoms with van der Waals surface area (Å²) in [7, 11) is 1.61. The Morgan fingerprint density at radius 2 is 2.42 bits per heavy atom. The van der Waals surface area contributed by atoms with Gasteiger partial charge in [0.2, 0.25) is 0 Å². The number of nitrogens with zero attached hydrogens (tertiary/aromatic N) is 2. The summed E-state index contributed by atoms with van der Waals surface area (Å²) in [5.41, 5.74) is 6.82. The number of pyridine rings is 1. The molecule has 1 unspecified atom stereocenters. The molecule has 7 heteroatoms. The van der Waals surface area contributed by atoms with Gasteiger partial charge in [-0.1, -0.05) is 11.2 Å². The maximum absolute atomic E-state index is 8.96. The molecule has 5 N–H and O–H groups in total. The fourth-order valence-electron chi connectivity index (χ4n) is 1.71. The van der Waals surface area contributed by atoms with E-state index in [1.165, 1.54) is 0 Å². The van der Waals surface area contributed by atoms with E-state index in [-0.39, 0.29) is 18.5 Å². The number of aliphatic hydroxyl groups is 1. The number of oxime groups is 1. The van der Waals surface area contributed by atoms with Gasteiger partial charge in [-0.05, 0) is 18.1 Å². The molecule has 0 aliphatic heterocycles. The zero-order valence-corrected chi connectivity index (χ0v) is 10.9. The SMILES string of the molecule is COCC(CCO)NCc1cccnc1/C(N)=N/O. The first-order chi connectivity index (χ1) is 9.22. The molecule has 106 valence electrons. The lowest BCUT2D eigenvalue weighted by atomic mass is 10.1. The summed E-state index contributed by atoms with van der Waals surface area (Å²) < 4.78 is 5.07. The number of hydrogen-bond acceptors (Lipinski definition) is 6. The van der Waals surface area contributed by atoms with Crippen molar-refractivity contribution in [3.05, 3.63) is 29.6 Å². The van der Waals surface area contributed by atoms with Crippen LogP contribution in [0.2, 0.25) is 0 Å². The highest BCUT2D eigenvalue weighted by Crippen LogP contribution is 2.06. The predicted octanol–water partition coefficient (Wildman–Crippen LogP) is -0.337. The second kappa shape index (κ2) is 8.41. The smallest absolute Gasteiger partial charge is 0.189 e. The Bertz CT molecular complexity index is 406. The van der Waals surface area contributed by atoms with Crippen LogP contribution >= 0.6 is 0 Å². The van der Waals surface area contributed by atoms with Gasteiger partial charge in [-0.2, -0.15) is 0 Å². The van der Waals surface area contributed by atoms with Crippen LogP contribution in [-0.4, -0.2) is 47.5 Å². The van der Waals surface area contributed by atoms with Gasteiger partial charge in [0, 0.05) is 32.5 Å². The van der Waals surface area contributed by atoms with Gasteiger partial charge in [0.1, 0.15) is 5.69 Å². The number of hydrogen-bond donors (Lipinski definition) is 4. The molecule has 1 aromatic heterocycles. The number of aromatic nitrogens is 1. The van der Waals surface area contributed by atoms with Crippen molar-refractivity contribution in [2.24, 2.45) is 10.9 Å². The largest absolute Gasteiger partial charge is 0.409 e. The first kappa shape index (κ1) is 15.4. The molecule has 7 nitrogen and oxygen atoms in total. The summed E-state index contributed by atoms with van der Waals surface area (Å²) >= 11 is 0. The Balaban J connectivity index is 2.71. The van der Waals surface area contributed by atoms with E-state index in [1.807, 2.05) is 6.07 Å². The van der Waals surface area contributed by atoms with Crippen molar-refractivity contribution in [2.75, 3.05) is 20.3 Å². The molecule has 19 heavy (non-hydrogen) atoms. The average Bonchev–Trinajstić information content (AvgIpc) is 2.44. The van der Waals surface area contributed by atoms with Crippen LogP contribution in [0.1, 0.15) is 17.7 Å². The third kappa shape index (κ3) is 4.82. The summed E-state index contributed by atoms with van der Waals surface area (Å²) in [6.07, 6.45) is 2.17. The predicted molar refractivity (Wildman–Crippen MR) is 71.0 cm³/mol. The molecule has 0 amide bonds. The highest BCUT2D eigenvalue weighted by molar-refractivity contribution is 5.96. The first-order valence-electron chi connectivity index (χ1n) is 5.97. The Morgan fingerprint density at radius 3 is 3.05 bits per heavy atom. The highest BCUT2D eigenvalue weighted by Gasteiger charge is 2.11. The zero-order valence-electron chi connectivity index (χ0n) is 10.9. The average molecular weight is 268 g/mol. The Morgan fingerprint density at radius 1 is 1.63 bits per heavy atom. The molecule has 0 bridgehead atoms. The van der Waals surface area contributed by atoms with E-state index in [0.717, 1.165) is 5.56 Å². The molecule has 0 saturated heterocycles. The lowest BCUT2D eigenvalue weighted by Gasteiger charge is -2.17. The van der Waals surface area contributed by atoms with Crippen molar-refractivity contribution in [1.29, 1.82) is 0 Å². The molecule has 0 radical (unpaired) electrons. The van der Waals surface area contributed by atoms with Crippen molar-refractivity contribution in [2.45, 2.75) is 19.0 Å². The third-order valence-electron chi connectivity index (χ3n) is 2.67. The van der Waals surface area contributed by atoms with Gasteiger partial charge in [0.05, 0.1) is 6.61 Å². The highest BCUT2D eigenvalue weighted by atomic mass is 16.5. The van der Waals surface area contributed by atoms with Crippen molar-refractivity contribution in [1.82, 2.24) is 10.3 Å². The monoisotopic (exact) mass is 268 g/mol. The number of amidine groups is 1. The van der Waals surface area contributed by atoms with Crippen LogP contribution in [0.3, 0.4) is 0 Å². The summed E-state index contributed by atoms with van der Waals surface area (Å²) in [4.78, 5) is 4.08. The molecule has 1 aromatic rings. The fourth-order valence-corrected chi connectivity index (χ4v) is 1.71. The van der Waals surface area contributed by atoms with E-state index in [0.29, 0.717) is 25.3 Å². The number of rotatable bonds is 8. The summed E-state index contributed by atoms with van der Waals surface area (Å²) in [6.45, 7) is 1.08. The van der Waals surface area contributed by atoms with E-state index in [2.05, 4.69) is 15.5 Å². The minimum atomic E-state index is -0.0251. The van der Waals surface area contributed by atoms with E-state index < -0.39 is 0 Å². The van der Waals surface area contributed by atoms with Crippen molar-refractivity contribution in [3.8, 4) is 0 Å². The standard InChI is InChI=1S/C12H20N4O3/c1-19-8-10(4-6-17)15-7-9-3-2-5-14-11(9)12(13)16-18/h2-3,5,10,15,17-18H,4,6-8H2,1H3,(H2,13,16). The molecule has 0 spiro atoms. The first-order valence-corrected chi connectivity index (χ1v) is 5.97. The van der Waals surface area contributed by atoms with Crippen LogP contribution in [0.5, 0.6) is 0 Å². The number of ether oxygens (including phenoxy) is 1. The summed E-state index contributed by atoms with van der Waals surface area (Å²) in [5, 5.41) is 23.9. The number of nitrogens with one attached hydrogen (secondary N) is 1. The van der Waals surface area contributed by atoms with Crippen LogP contribution in [-0.2, 0) is 11.3 Å². The molecule has 0 saturated carbocycles. The fraction of sp³-hybridized carbons (Fsp3) is 0.500. The maximum Gasteiger partial charge on any atom is 0.189 e. The Labute approximate surface area is 112 Å².